The minimum Gasteiger partial charge on any atom is -0.489 e. The van der Waals surface area contributed by atoms with Crippen LogP contribution >= 0.6 is 22.6 Å². The summed E-state index contributed by atoms with van der Waals surface area (Å²) in [6.07, 6.45) is 0. The summed E-state index contributed by atoms with van der Waals surface area (Å²) in [5.41, 5.74) is 1.10. The van der Waals surface area contributed by atoms with Gasteiger partial charge < -0.3 is 4.74 Å². The average Bonchev–Trinajstić information content (AvgIpc) is 2.32. The van der Waals surface area contributed by atoms with E-state index in [-0.39, 0.29) is 5.82 Å². The van der Waals surface area contributed by atoms with Crippen LogP contribution < -0.4 is 4.74 Å². The van der Waals surface area contributed by atoms with Gasteiger partial charge in [-0.3, -0.25) is 0 Å². The Bertz CT molecular complexity index is 471. The van der Waals surface area contributed by atoms with Crippen LogP contribution in [-0.2, 0) is 6.61 Å². The normalized spacial score (nSPS) is 10.1. The van der Waals surface area contributed by atoms with Gasteiger partial charge in [-0.15, -0.1) is 0 Å². The first-order valence-corrected chi connectivity index (χ1v) is 5.95. The lowest BCUT2D eigenvalue weighted by molar-refractivity contribution is 0.305. The molecule has 0 unspecified atom stereocenters. The van der Waals surface area contributed by atoms with Crippen LogP contribution in [0, 0.1) is 9.39 Å². The fraction of sp³-hybridized carbons (Fsp3) is 0.0769. The minimum absolute atomic E-state index is 0.215. The molecule has 2 aromatic carbocycles. The largest absolute Gasteiger partial charge is 0.489 e. The van der Waals surface area contributed by atoms with Crippen LogP contribution in [0.4, 0.5) is 4.39 Å². The Morgan fingerprint density at radius 2 is 1.81 bits per heavy atom. The quantitative estimate of drug-likeness (QED) is 0.774. The summed E-state index contributed by atoms with van der Waals surface area (Å²) in [6.45, 7) is 0.503. The predicted molar refractivity (Wildman–Crippen MR) is 69.9 cm³/mol. The summed E-state index contributed by atoms with van der Waals surface area (Å²) in [4.78, 5) is 0. The fourth-order valence-electron chi connectivity index (χ4n) is 1.31. The molecular weight excluding hydrogens is 318 g/mol. The third-order valence-electron chi connectivity index (χ3n) is 2.14. The third-order valence-corrected chi connectivity index (χ3v) is 2.97. The molecule has 2 aromatic rings. The van der Waals surface area contributed by atoms with E-state index in [1.165, 1.54) is 6.07 Å². The lowest BCUT2D eigenvalue weighted by Gasteiger charge is -2.06. The molecule has 0 fully saturated rings. The second kappa shape index (κ2) is 5.30. The van der Waals surface area contributed by atoms with Crippen molar-refractivity contribution < 1.29 is 9.13 Å². The summed E-state index contributed by atoms with van der Waals surface area (Å²) in [7, 11) is 0. The molecule has 3 heteroatoms. The topological polar surface area (TPSA) is 9.23 Å². The van der Waals surface area contributed by atoms with Gasteiger partial charge in [-0.2, -0.15) is 0 Å². The van der Waals surface area contributed by atoms with Crippen molar-refractivity contribution >= 4 is 22.6 Å². The SMILES string of the molecule is Fc1ccc(OCc2ccccc2)cc1I. The molecule has 0 bridgehead atoms. The average molecular weight is 328 g/mol. The first kappa shape index (κ1) is 11.4. The molecule has 1 nitrogen and oxygen atoms in total. The van der Waals surface area contributed by atoms with Gasteiger partial charge in [0.2, 0.25) is 0 Å². The number of rotatable bonds is 3. The van der Waals surface area contributed by atoms with E-state index >= 15 is 0 Å². The molecule has 0 spiro atoms. The highest BCUT2D eigenvalue weighted by Gasteiger charge is 2.01. The van der Waals surface area contributed by atoms with Gasteiger partial charge in [-0.05, 0) is 46.4 Å². The van der Waals surface area contributed by atoms with Crippen molar-refractivity contribution in [1.29, 1.82) is 0 Å². The molecule has 0 atom stereocenters. The highest BCUT2D eigenvalue weighted by molar-refractivity contribution is 14.1. The zero-order valence-electron chi connectivity index (χ0n) is 8.49. The number of halogens is 2. The van der Waals surface area contributed by atoms with E-state index in [4.69, 9.17) is 4.74 Å². The highest BCUT2D eigenvalue weighted by Crippen LogP contribution is 2.19. The van der Waals surface area contributed by atoms with Crippen LogP contribution in [0.15, 0.2) is 48.5 Å². The zero-order chi connectivity index (χ0) is 11.4. The molecule has 82 valence electrons. The maximum absolute atomic E-state index is 13.0. The number of hydrogen-bond donors (Lipinski definition) is 0. The maximum Gasteiger partial charge on any atom is 0.136 e. The molecule has 0 aromatic heterocycles. The Kier molecular flexibility index (Phi) is 3.77. The number of hydrogen-bond acceptors (Lipinski definition) is 1. The van der Waals surface area contributed by atoms with Crippen molar-refractivity contribution in [3.8, 4) is 5.75 Å². The summed E-state index contributed by atoms with van der Waals surface area (Å²) >= 11 is 1.95. The van der Waals surface area contributed by atoms with Crippen LogP contribution in [0.25, 0.3) is 0 Å². The van der Waals surface area contributed by atoms with Gasteiger partial charge in [-0.1, -0.05) is 30.3 Å². The summed E-state index contributed by atoms with van der Waals surface area (Å²) in [6, 6.07) is 14.6. The first-order chi connectivity index (χ1) is 7.75. The zero-order valence-corrected chi connectivity index (χ0v) is 10.6. The summed E-state index contributed by atoms with van der Waals surface area (Å²) in [5, 5.41) is 0. The van der Waals surface area contributed by atoms with Crippen molar-refractivity contribution in [2.75, 3.05) is 0 Å². The molecule has 0 amide bonds. The van der Waals surface area contributed by atoms with Crippen molar-refractivity contribution in [1.82, 2.24) is 0 Å². The predicted octanol–water partition coefficient (Wildman–Crippen LogP) is 4.01. The third kappa shape index (κ3) is 2.95. The van der Waals surface area contributed by atoms with Gasteiger partial charge in [0.15, 0.2) is 0 Å². The van der Waals surface area contributed by atoms with Crippen LogP contribution in [0.2, 0.25) is 0 Å². The van der Waals surface area contributed by atoms with E-state index in [1.807, 2.05) is 52.9 Å². The number of benzene rings is 2. The second-order valence-electron chi connectivity index (χ2n) is 3.35. The summed E-state index contributed by atoms with van der Waals surface area (Å²) < 4.78 is 19.1. The van der Waals surface area contributed by atoms with E-state index in [9.17, 15) is 4.39 Å². The fourth-order valence-corrected chi connectivity index (χ4v) is 1.79. The van der Waals surface area contributed by atoms with Gasteiger partial charge in [0, 0.05) is 0 Å². The summed E-state index contributed by atoms with van der Waals surface area (Å²) in [5.74, 6) is 0.474. The van der Waals surface area contributed by atoms with Crippen LogP contribution in [0.3, 0.4) is 0 Å². The molecule has 0 radical (unpaired) electrons. The monoisotopic (exact) mass is 328 g/mol. The molecule has 0 aliphatic carbocycles. The molecule has 0 saturated heterocycles. The Morgan fingerprint density at radius 3 is 2.50 bits per heavy atom. The van der Waals surface area contributed by atoms with E-state index in [2.05, 4.69) is 0 Å². The Labute approximate surface area is 107 Å². The van der Waals surface area contributed by atoms with Gasteiger partial charge in [0.05, 0.1) is 3.57 Å². The van der Waals surface area contributed by atoms with Crippen molar-refractivity contribution in [2.24, 2.45) is 0 Å². The van der Waals surface area contributed by atoms with Gasteiger partial charge in [0.1, 0.15) is 18.2 Å². The van der Waals surface area contributed by atoms with E-state index < -0.39 is 0 Å². The van der Waals surface area contributed by atoms with Crippen molar-refractivity contribution in [2.45, 2.75) is 6.61 Å². The van der Waals surface area contributed by atoms with Gasteiger partial charge in [0.25, 0.3) is 0 Å². The van der Waals surface area contributed by atoms with Crippen LogP contribution in [0.1, 0.15) is 5.56 Å². The van der Waals surface area contributed by atoms with Gasteiger partial charge in [-0.25, -0.2) is 4.39 Å². The maximum atomic E-state index is 13.0. The van der Waals surface area contributed by atoms with Crippen LogP contribution in [0.5, 0.6) is 5.75 Å². The van der Waals surface area contributed by atoms with Gasteiger partial charge >= 0.3 is 0 Å². The Morgan fingerprint density at radius 1 is 1.06 bits per heavy atom. The van der Waals surface area contributed by atoms with E-state index in [1.54, 1.807) is 12.1 Å². The number of ether oxygens (including phenoxy) is 1. The molecule has 0 aliphatic rings. The molecule has 0 saturated carbocycles. The van der Waals surface area contributed by atoms with E-state index in [0.29, 0.717) is 15.9 Å². The van der Waals surface area contributed by atoms with E-state index in [0.717, 1.165) is 5.56 Å². The lowest BCUT2D eigenvalue weighted by atomic mass is 10.2. The highest BCUT2D eigenvalue weighted by atomic mass is 127. The molecular formula is C13H10FIO. The molecule has 0 heterocycles. The second-order valence-corrected chi connectivity index (χ2v) is 4.51. The molecule has 0 aliphatic heterocycles. The minimum atomic E-state index is -0.215. The Hall–Kier alpha value is -1.10. The molecule has 2 rings (SSSR count). The van der Waals surface area contributed by atoms with Crippen LogP contribution in [-0.4, -0.2) is 0 Å². The van der Waals surface area contributed by atoms with Crippen molar-refractivity contribution in [3.63, 3.8) is 0 Å². The van der Waals surface area contributed by atoms with Crippen molar-refractivity contribution in [3.05, 3.63) is 63.5 Å². The smallest absolute Gasteiger partial charge is 0.136 e. The Balaban J connectivity index is 2.03. The molecule has 0 N–H and O–H groups in total. The standard InChI is InChI=1S/C13H10FIO/c14-12-7-6-11(8-13(12)15)16-9-10-4-2-1-3-5-10/h1-8H,9H2. The lowest BCUT2D eigenvalue weighted by Crippen LogP contribution is -1.95. The molecule has 16 heavy (non-hydrogen) atoms. The first-order valence-electron chi connectivity index (χ1n) is 4.87.